The number of piperazine rings is 1. The molecule has 2 aromatic heterocycles. The quantitative estimate of drug-likeness (QED) is 0.734. The van der Waals surface area contributed by atoms with E-state index >= 15 is 0 Å². The van der Waals surface area contributed by atoms with Crippen LogP contribution in [0.15, 0.2) is 29.6 Å². The van der Waals surface area contributed by atoms with E-state index in [-0.39, 0.29) is 5.91 Å². The number of benzene rings is 1. The van der Waals surface area contributed by atoms with Crippen LogP contribution in [0.2, 0.25) is 0 Å². The Kier molecular flexibility index (Phi) is 5.13. The third kappa shape index (κ3) is 3.84. The van der Waals surface area contributed by atoms with E-state index in [1.165, 1.54) is 5.01 Å². The first-order chi connectivity index (χ1) is 13.2. The summed E-state index contributed by atoms with van der Waals surface area (Å²) >= 11 is 1.73. The number of rotatable bonds is 5. The average Bonchev–Trinajstić information content (AvgIpc) is 3.33. The Morgan fingerprint density at radius 2 is 2.07 bits per heavy atom. The lowest BCUT2D eigenvalue weighted by molar-refractivity contribution is 0.0622. The van der Waals surface area contributed by atoms with Gasteiger partial charge in [0.15, 0.2) is 0 Å². The smallest absolute Gasteiger partial charge is 0.270 e. The molecule has 0 radical (unpaired) electrons. The lowest BCUT2D eigenvalue weighted by Gasteiger charge is -2.34. The topological polar surface area (TPSA) is 61.5 Å². The van der Waals surface area contributed by atoms with Crippen molar-refractivity contribution in [3.8, 4) is 5.75 Å². The highest BCUT2D eigenvalue weighted by atomic mass is 32.1. The molecule has 0 spiro atoms. The molecule has 0 aliphatic carbocycles. The van der Waals surface area contributed by atoms with Gasteiger partial charge >= 0.3 is 0 Å². The van der Waals surface area contributed by atoms with Crippen LogP contribution in [0, 0.1) is 0 Å². The molecule has 6 nitrogen and oxygen atoms in total. The summed E-state index contributed by atoms with van der Waals surface area (Å²) in [5.74, 6) is 0.844. The minimum absolute atomic E-state index is 0.0618. The Morgan fingerprint density at radius 1 is 1.26 bits per heavy atom. The molecule has 3 heterocycles. The van der Waals surface area contributed by atoms with Gasteiger partial charge in [-0.05, 0) is 24.6 Å². The molecule has 1 N–H and O–H groups in total. The van der Waals surface area contributed by atoms with Crippen LogP contribution in [-0.4, -0.2) is 59.0 Å². The minimum atomic E-state index is 0.0618. The second kappa shape index (κ2) is 7.70. The van der Waals surface area contributed by atoms with Crippen LogP contribution >= 0.6 is 11.3 Å². The molecule has 7 heteroatoms. The zero-order valence-corrected chi connectivity index (χ0v) is 16.5. The number of nitrogens with one attached hydrogen (secondary N) is 1. The largest absolute Gasteiger partial charge is 0.497 e. The highest BCUT2D eigenvalue weighted by molar-refractivity contribution is 7.09. The molecule has 0 saturated carbocycles. The zero-order chi connectivity index (χ0) is 18.8. The predicted octanol–water partition coefficient (Wildman–Crippen LogP) is 3.15. The van der Waals surface area contributed by atoms with Gasteiger partial charge in [-0.15, -0.1) is 11.3 Å². The van der Waals surface area contributed by atoms with Gasteiger partial charge in [-0.2, -0.15) is 0 Å². The van der Waals surface area contributed by atoms with Gasteiger partial charge in [0.05, 0.1) is 17.8 Å². The third-order valence-corrected chi connectivity index (χ3v) is 6.05. The normalized spacial score (nSPS) is 15.4. The zero-order valence-electron chi connectivity index (χ0n) is 15.7. The summed E-state index contributed by atoms with van der Waals surface area (Å²) in [6, 6.07) is 7.72. The number of aryl methyl sites for hydroxylation is 1. The number of aromatic nitrogens is 2. The number of hydrogen-bond donors (Lipinski definition) is 1. The van der Waals surface area contributed by atoms with Crippen molar-refractivity contribution in [1.29, 1.82) is 0 Å². The summed E-state index contributed by atoms with van der Waals surface area (Å²) in [4.78, 5) is 25.0. The Bertz CT molecular complexity index is 941. The number of thiazole rings is 1. The molecule has 1 amide bonds. The number of H-pyrrole nitrogens is 1. The molecule has 1 aliphatic rings. The highest BCUT2D eigenvalue weighted by Crippen LogP contribution is 2.22. The molecule has 1 fully saturated rings. The Balaban J connectivity index is 1.38. The fraction of sp³-hybridized carbons (Fsp3) is 0.400. The average molecular weight is 385 g/mol. The SMILES string of the molecule is CCc1nc(CN2CCN(C(=O)c3cc4ccc(OC)cc4[nH]3)CC2)cs1. The van der Waals surface area contributed by atoms with Crippen molar-refractivity contribution in [2.24, 2.45) is 0 Å². The van der Waals surface area contributed by atoms with Crippen LogP contribution in [0.3, 0.4) is 0 Å². The number of amides is 1. The standard InChI is InChI=1S/C20H24N4O2S/c1-3-19-21-15(13-27-19)12-23-6-8-24(9-7-23)20(25)18-10-14-4-5-16(26-2)11-17(14)22-18/h4-5,10-11,13,22H,3,6-9,12H2,1-2H3. The highest BCUT2D eigenvalue weighted by Gasteiger charge is 2.23. The van der Waals surface area contributed by atoms with Crippen LogP contribution in [-0.2, 0) is 13.0 Å². The van der Waals surface area contributed by atoms with Gasteiger partial charge in [-0.25, -0.2) is 4.98 Å². The molecule has 142 valence electrons. The van der Waals surface area contributed by atoms with Crippen LogP contribution in [0.25, 0.3) is 10.9 Å². The van der Waals surface area contributed by atoms with E-state index in [0.717, 1.165) is 61.5 Å². The number of aromatic amines is 1. The van der Waals surface area contributed by atoms with Gasteiger partial charge < -0.3 is 14.6 Å². The molecule has 27 heavy (non-hydrogen) atoms. The number of carbonyl (C=O) groups excluding carboxylic acids is 1. The van der Waals surface area contributed by atoms with Crippen molar-refractivity contribution in [2.45, 2.75) is 19.9 Å². The van der Waals surface area contributed by atoms with Crippen LogP contribution in [0.1, 0.15) is 28.1 Å². The van der Waals surface area contributed by atoms with Crippen molar-refractivity contribution >= 4 is 28.1 Å². The van der Waals surface area contributed by atoms with Crippen LogP contribution in [0.4, 0.5) is 0 Å². The summed E-state index contributed by atoms with van der Waals surface area (Å²) in [6.07, 6.45) is 0.989. The van der Waals surface area contributed by atoms with Crippen molar-refractivity contribution in [1.82, 2.24) is 19.8 Å². The molecular formula is C20H24N4O2S. The van der Waals surface area contributed by atoms with Gasteiger partial charge in [-0.1, -0.05) is 6.92 Å². The van der Waals surface area contributed by atoms with Crippen molar-refractivity contribution < 1.29 is 9.53 Å². The second-order valence-corrected chi connectivity index (χ2v) is 7.73. The van der Waals surface area contributed by atoms with Gasteiger partial charge in [-0.3, -0.25) is 9.69 Å². The number of hydrogen-bond acceptors (Lipinski definition) is 5. The van der Waals surface area contributed by atoms with E-state index in [1.807, 2.05) is 29.2 Å². The van der Waals surface area contributed by atoms with Gasteiger partial charge in [0.1, 0.15) is 11.4 Å². The van der Waals surface area contributed by atoms with Crippen molar-refractivity contribution in [2.75, 3.05) is 33.3 Å². The molecule has 1 aromatic carbocycles. The summed E-state index contributed by atoms with van der Waals surface area (Å²) < 4.78 is 5.25. The molecule has 0 unspecified atom stereocenters. The van der Waals surface area contributed by atoms with Gasteiger partial charge in [0.25, 0.3) is 5.91 Å². The monoisotopic (exact) mass is 384 g/mol. The van der Waals surface area contributed by atoms with Gasteiger partial charge in [0.2, 0.25) is 0 Å². The van der Waals surface area contributed by atoms with Gasteiger partial charge in [0, 0.05) is 55.1 Å². The van der Waals surface area contributed by atoms with E-state index in [0.29, 0.717) is 5.69 Å². The first kappa shape index (κ1) is 18.0. The predicted molar refractivity (Wildman–Crippen MR) is 108 cm³/mol. The number of ether oxygens (including phenoxy) is 1. The molecule has 1 aliphatic heterocycles. The molecule has 1 saturated heterocycles. The fourth-order valence-electron chi connectivity index (χ4n) is 3.44. The first-order valence-corrected chi connectivity index (χ1v) is 10.2. The van der Waals surface area contributed by atoms with E-state index in [2.05, 4.69) is 27.2 Å². The maximum atomic E-state index is 12.9. The molecule has 4 rings (SSSR count). The van der Waals surface area contributed by atoms with E-state index in [1.54, 1.807) is 18.4 Å². The Labute approximate surface area is 162 Å². The number of fused-ring (bicyclic) bond motifs is 1. The maximum absolute atomic E-state index is 12.9. The summed E-state index contributed by atoms with van der Waals surface area (Å²) in [6.45, 7) is 6.22. The second-order valence-electron chi connectivity index (χ2n) is 6.79. The molecule has 0 atom stereocenters. The maximum Gasteiger partial charge on any atom is 0.270 e. The van der Waals surface area contributed by atoms with Crippen molar-refractivity contribution in [3.63, 3.8) is 0 Å². The molecular weight excluding hydrogens is 360 g/mol. The fourth-order valence-corrected chi connectivity index (χ4v) is 4.18. The van der Waals surface area contributed by atoms with Crippen molar-refractivity contribution in [3.05, 3.63) is 46.0 Å². The summed E-state index contributed by atoms with van der Waals surface area (Å²) in [7, 11) is 1.64. The summed E-state index contributed by atoms with van der Waals surface area (Å²) in [5, 5.41) is 4.36. The molecule has 3 aromatic rings. The number of methoxy groups -OCH3 is 1. The molecule has 0 bridgehead atoms. The number of nitrogens with zero attached hydrogens (tertiary/aromatic N) is 3. The van der Waals surface area contributed by atoms with E-state index in [9.17, 15) is 4.79 Å². The number of carbonyl (C=O) groups is 1. The third-order valence-electron chi connectivity index (χ3n) is 5.01. The Hall–Kier alpha value is -2.38. The minimum Gasteiger partial charge on any atom is -0.497 e. The van der Waals surface area contributed by atoms with Crippen LogP contribution in [0.5, 0.6) is 5.75 Å². The lowest BCUT2D eigenvalue weighted by atomic mass is 10.2. The van der Waals surface area contributed by atoms with E-state index < -0.39 is 0 Å². The Morgan fingerprint density at radius 3 is 2.78 bits per heavy atom. The lowest BCUT2D eigenvalue weighted by Crippen LogP contribution is -2.48. The summed E-state index contributed by atoms with van der Waals surface area (Å²) in [5.41, 5.74) is 2.70. The van der Waals surface area contributed by atoms with E-state index in [4.69, 9.17) is 4.74 Å². The first-order valence-electron chi connectivity index (χ1n) is 9.28. The van der Waals surface area contributed by atoms with Crippen LogP contribution < -0.4 is 4.74 Å².